The van der Waals surface area contributed by atoms with E-state index in [0.29, 0.717) is 0 Å². The minimum Gasteiger partial charge on any atom is -0.310 e. The van der Waals surface area contributed by atoms with Crippen molar-refractivity contribution in [2.75, 3.05) is 4.90 Å². The zero-order valence-electron chi connectivity index (χ0n) is 35.9. The van der Waals surface area contributed by atoms with Crippen LogP contribution in [0.1, 0.15) is 68.1 Å². The number of hydrogen-bond donors (Lipinski definition) is 0. The molecule has 0 aromatic heterocycles. The maximum atomic E-state index is 2.59. The van der Waals surface area contributed by atoms with E-state index in [1.807, 2.05) is 0 Å². The maximum absolute atomic E-state index is 2.59. The second-order valence-corrected chi connectivity index (χ2v) is 18.8. The molecule has 0 N–H and O–H groups in total. The summed E-state index contributed by atoms with van der Waals surface area (Å²) in [6.07, 6.45) is 0. The average molecular weight is 824 g/mol. The van der Waals surface area contributed by atoms with Gasteiger partial charge in [-0.05, 0) is 143 Å². The van der Waals surface area contributed by atoms with Gasteiger partial charge in [0.25, 0.3) is 0 Å². The molecular weight excluding hydrogens is 783 g/mol. The first-order chi connectivity index (χ1) is 32.1. The van der Waals surface area contributed by atoms with E-state index in [2.05, 4.69) is 242 Å². The topological polar surface area (TPSA) is 3.24 Å². The Morgan fingerprint density at radius 1 is 0.277 bits per heavy atom. The first-order valence-electron chi connectivity index (χ1n) is 23.0. The molecule has 0 saturated carbocycles. The Labute approximate surface area is 379 Å². The Morgan fingerprint density at radius 2 is 0.677 bits per heavy atom. The number of hydrogen-bond acceptors (Lipinski definition) is 1. The zero-order valence-corrected chi connectivity index (χ0v) is 35.9. The van der Waals surface area contributed by atoms with Crippen LogP contribution in [0.15, 0.2) is 231 Å². The lowest BCUT2D eigenvalue weighted by Gasteiger charge is -2.49. The van der Waals surface area contributed by atoms with Gasteiger partial charge in [0.15, 0.2) is 0 Å². The Balaban J connectivity index is 1.05. The molecule has 1 heterocycles. The van der Waals surface area contributed by atoms with E-state index in [4.69, 9.17) is 0 Å². The van der Waals surface area contributed by atoms with Crippen LogP contribution in [-0.2, 0) is 16.2 Å². The predicted molar refractivity (Wildman–Crippen MR) is 266 cm³/mol. The molecule has 15 rings (SSSR count). The molecule has 4 aliphatic carbocycles. The van der Waals surface area contributed by atoms with Gasteiger partial charge in [0.05, 0.1) is 22.2 Å². The fourth-order valence-electron chi connectivity index (χ4n) is 13.8. The number of rotatable bonds is 2. The molecule has 0 saturated heterocycles. The highest BCUT2D eigenvalue weighted by Crippen LogP contribution is 2.68. The monoisotopic (exact) mass is 823 g/mol. The molecule has 0 radical (unpaired) electrons. The van der Waals surface area contributed by atoms with Crippen LogP contribution < -0.4 is 4.90 Å². The number of anilines is 3. The van der Waals surface area contributed by atoms with E-state index < -0.39 is 10.8 Å². The lowest BCUT2D eigenvalue weighted by molar-refractivity contribution is 0.633. The quantitative estimate of drug-likeness (QED) is 0.168. The minimum absolute atomic E-state index is 0.307. The molecule has 65 heavy (non-hydrogen) atoms. The normalized spacial score (nSPS) is 17.3. The summed E-state index contributed by atoms with van der Waals surface area (Å²) in [6, 6.07) is 87.9. The Bertz CT molecular complexity index is 3610. The van der Waals surface area contributed by atoms with E-state index in [9.17, 15) is 0 Å². The highest BCUT2D eigenvalue weighted by molar-refractivity contribution is 5.99. The van der Waals surface area contributed by atoms with Crippen molar-refractivity contribution in [2.45, 2.75) is 23.2 Å². The number of fused-ring (bicyclic) bond motifs is 21. The summed E-state index contributed by atoms with van der Waals surface area (Å²) >= 11 is 0. The van der Waals surface area contributed by atoms with E-state index in [0.717, 1.165) is 5.69 Å². The molecule has 1 unspecified atom stereocenters. The summed E-state index contributed by atoms with van der Waals surface area (Å²) in [5.41, 5.74) is 27.5. The molecule has 0 bridgehead atoms. The lowest BCUT2D eigenvalue weighted by Crippen LogP contribution is -2.43. The molecule has 1 aliphatic heterocycles. The molecule has 5 aliphatic rings. The Kier molecular flexibility index (Phi) is 6.75. The highest BCUT2D eigenvalue weighted by Gasteiger charge is 2.59. The summed E-state index contributed by atoms with van der Waals surface area (Å²) < 4.78 is 0. The number of benzene rings is 10. The molecular formula is C64H41N. The molecule has 1 nitrogen and oxygen atoms in total. The summed E-state index contributed by atoms with van der Waals surface area (Å²) in [5, 5.41) is 0. The third-order valence-corrected chi connectivity index (χ3v) is 16.1. The first-order valence-corrected chi connectivity index (χ1v) is 23.0. The largest absolute Gasteiger partial charge is 0.310 e. The van der Waals surface area contributed by atoms with Gasteiger partial charge in [-0.1, -0.05) is 200 Å². The number of para-hydroxylation sites is 1. The molecule has 302 valence electrons. The van der Waals surface area contributed by atoms with Crippen molar-refractivity contribution >= 4 is 17.1 Å². The summed E-state index contributed by atoms with van der Waals surface area (Å²) in [5.74, 6) is 0. The smallest absolute Gasteiger partial charge is 0.0720 e. The van der Waals surface area contributed by atoms with Crippen LogP contribution in [-0.4, -0.2) is 0 Å². The fourth-order valence-corrected chi connectivity index (χ4v) is 13.8. The summed E-state index contributed by atoms with van der Waals surface area (Å²) in [4.78, 5) is 2.52. The van der Waals surface area contributed by atoms with E-state index in [1.165, 1.54) is 117 Å². The average Bonchev–Trinajstić information content (AvgIpc) is 3.95. The summed E-state index contributed by atoms with van der Waals surface area (Å²) in [6.45, 7) is 2.45. The van der Waals surface area contributed by atoms with Gasteiger partial charge in [-0.2, -0.15) is 0 Å². The van der Waals surface area contributed by atoms with Crippen LogP contribution in [0.3, 0.4) is 0 Å². The predicted octanol–water partition coefficient (Wildman–Crippen LogP) is 15.5. The molecule has 0 amide bonds. The second kappa shape index (κ2) is 12.4. The van der Waals surface area contributed by atoms with Gasteiger partial charge in [0, 0.05) is 11.1 Å². The van der Waals surface area contributed by atoms with Gasteiger partial charge < -0.3 is 4.90 Å². The van der Waals surface area contributed by atoms with Crippen molar-refractivity contribution in [3.8, 4) is 44.5 Å². The third kappa shape index (κ3) is 4.08. The van der Waals surface area contributed by atoms with Gasteiger partial charge in [-0.3, -0.25) is 0 Å². The van der Waals surface area contributed by atoms with E-state index in [1.54, 1.807) is 0 Å². The third-order valence-electron chi connectivity index (χ3n) is 16.1. The van der Waals surface area contributed by atoms with Crippen molar-refractivity contribution < 1.29 is 0 Å². The Hall–Kier alpha value is -8.00. The van der Waals surface area contributed by atoms with Crippen molar-refractivity contribution in [3.63, 3.8) is 0 Å². The Morgan fingerprint density at radius 3 is 1.23 bits per heavy atom. The van der Waals surface area contributed by atoms with Gasteiger partial charge in [0.2, 0.25) is 0 Å². The van der Waals surface area contributed by atoms with Crippen LogP contribution in [0.4, 0.5) is 17.1 Å². The van der Waals surface area contributed by atoms with Crippen LogP contribution in [0.2, 0.25) is 0 Å². The molecule has 2 spiro atoms. The van der Waals surface area contributed by atoms with Crippen molar-refractivity contribution in [1.82, 2.24) is 0 Å². The van der Waals surface area contributed by atoms with E-state index in [-0.39, 0.29) is 5.41 Å². The van der Waals surface area contributed by atoms with E-state index >= 15 is 0 Å². The summed E-state index contributed by atoms with van der Waals surface area (Å²) in [7, 11) is 0. The SMILES string of the molecule is CC12c3ccccc3-c3cccc(c31)N(c1ccccc1)c1cc(-c3ccc4c(c3)C3(c5ccccc5-c5ccccc53)c3ccccc3C43c4ccccc4-c4ccccc43)ccc12. The lowest BCUT2D eigenvalue weighted by atomic mass is 9.52. The van der Waals surface area contributed by atoms with Gasteiger partial charge >= 0.3 is 0 Å². The van der Waals surface area contributed by atoms with Crippen molar-refractivity contribution in [1.29, 1.82) is 0 Å². The van der Waals surface area contributed by atoms with Gasteiger partial charge in [-0.25, -0.2) is 0 Å². The van der Waals surface area contributed by atoms with Crippen molar-refractivity contribution in [2.24, 2.45) is 0 Å². The molecule has 1 heteroatoms. The zero-order chi connectivity index (χ0) is 42.6. The van der Waals surface area contributed by atoms with Crippen LogP contribution >= 0.6 is 0 Å². The molecule has 0 fully saturated rings. The van der Waals surface area contributed by atoms with Crippen molar-refractivity contribution in [3.05, 3.63) is 292 Å². The van der Waals surface area contributed by atoms with Crippen LogP contribution in [0.5, 0.6) is 0 Å². The highest BCUT2D eigenvalue weighted by atomic mass is 15.2. The minimum atomic E-state index is -0.548. The number of nitrogens with zero attached hydrogens (tertiary/aromatic N) is 1. The first kappa shape index (κ1) is 35.5. The molecule has 10 aromatic carbocycles. The molecule has 1 atom stereocenters. The van der Waals surface area contributed by atoms with Gasteiger partial charge in [0.1, 0.15) is 0 Å². The fraction of sp³-hybridized carbons (Fsp3) is 0.0625. The standard InChI is InChI=1S/C64H41N/c1-62-49-26-10-5-24-47(49)48-25-17-33-59(61(48)62)65(42-18-3-2-4-19-42)60-39-41(35-37-57(60)62)40-34-36-56-58(38-40)64(52-29-13-8-22-45(52)46-23-9-14-30-53(46)64)55-32-16-15-31-54(55)63(56)50-27-11-6-20-43(50)44-21-7-12-28-51(44)63/h2-39H,1H3. The maximum Gasteiger partial charge on any atom is 0.0720 e. The van der Waals surface area contributed by atoms with Crippen LogP contribution in [0.25, 0.3) is 44.5 Å². The second-order valence-electron chi connectivity index (χ2n) is 18.8. The van der Waals surface area contributed by atoms with Gasteiger partial charge in [-0.15, -0.1) is 0 Å². The molecule has 10 aromatic rings. The van der Waals surface area contributed by atoms with Crippen LogP contribution in [0, 0.1) is 0 Å².